The van der Waals surface area contributed by atoms with E-state index in [-0.39, 0.29) is 41.8 Å². The first-order chi connectivity index (χ1) is 13.1. The van der Waals surface area contributed by atoms with Crippen molar-refractivity contribution < 1.29 is 26.7 Å². The smallest absolute Gasteiger partial charge is 0.238 e. The van der Waals surface area contributed by atoms with Crippen molar-refractivity contribution >= 4 is 38.3 Å². The Kier molecular flexibility index (Phi) is 5.98. The number of benzene rings is 2. The molecule has 0 amide bonds. The Morgan fingerprint density at radius 2 is 1.86 bits per heavy atom. The molecule has 1 fully saturated rings. The van der Waals surface area contributed by atoms with Gasteiger partial charge in [0, 0.05) is 22.2 Å². The molecule has 152 valence electrons. The number of sulfonamides is 1. The molecule has 2 aromatic rings. The molecule has 1 aliphatic rings. The van der Waals surface area contributed by atoms with Crippen LogP contribution in [-0.4, -0.2) is 24.9 Å². The number of anilines is 1. The summed E-state index contributed by atoms with van der Waals surface area (Å²) in [6.45, 7) is 1.16. The molecule has 0 saturated heterocycles. The van der Waals surface area contributed by atoms with Crippen molar-refractivity contribution in [3.8, 4) is 0 Å². The van der Waals surface area contributed by atoms with Crippen molar-refractivity contribution in [2.45, 2.75) is 37.4 Å². The predicted molar refractivity (Wildman–Crippen MR) is 109 cm³/mol. The Morgan fingerprint density at radius 1 is 1.18 bits per heavy atom. The Balaban J connectivity index is 2.05. The molecule has 0 bridgehead atoms. The summed E-state index contributed by atoms with van der Waals surface area (Å²) in [6, 6.07) is 5.27. The maximum atomic E-state index is 14.6. The van der Waals surface area contributed by atoms with Crippen LogP contribution in [0.15, 0.2) is 24.3 Å². The van der Waals surface area contributed by atoms with Gasteiger partial charge in [0.25, 0.3) is 0 Å². The van der Waals surface area contributed by atoms with Crippen LogP contribution in [-0.2, 0) is 16.4 Å². The van der Waals surface area contributed by atoms with E-state index in [1.54, 1.807) is 6.07 Å². The number of halogens is 4. The van der Waals surface area contributed by atoms with Gasteiger partial charge >= 0.3 is 0 Å². The molecule has 4 nitrogen and oxygen atoms in total. The van der Waals surface area contributed by atoms with Gasteiger partial charge in [0.05, 0.1) is 10.4 Å². The minimum absolute atomic E-state index is 0.0616. The maximum absolute atomic E-state index is 14.6. The molecule has 1 aliphatic carbocycles. The molecule has 3 rings (SSSR count). The first-order valence-corrected chi connectivity index (χ1v) is 11.2. The highest BCUT2D eigenvalue weighted by molar-refractivity contribution is 14.1. The molecule has 0 heterocycles. The van der Waals surface area contributed by atoms with Gasteiger partial charge in [0.15, 0.2) is 11.6 Å². The number of aliphatic hydroxyl groups is 1. The van der Waals surface area contributed by atoms with Crippen molar-refractivity contribution in [3.05, 3.63) is 62.0 Å². The average Bonchev–Trinajstić information content (AvgIpc) is 3.39. The Labute approximate surface area is 175 Å². The zero-order valence-corrected chi connectivity index (χ0v) is 18.0. The highest BCUT2D eigenvalue weighted by Crippen LogP contribution is 2.47. The lowest BCUT2D eigenvalue weighted by Crippen LogP contribution is -2.31. The van der Waals surface area contributed by atoms with Gasteiger partial charge in [-0.05, 0) is 78.1 Å². The number of aryl methyl sites for hydroxylation is 1. The summed E-state index contributed by atoms with van der Waals surface area (Å²) in [5.74, 6) is -2.92. The predicted octanol–water partition coefficient (Wildman–Crippen LogP) is 4.26. The normalized spacial score (nSPS) is 15.5. The molecule has 0 aliphatic heterocycles. The van der Waals surface area contributed by atoms with E-state index in [1.807, 2.05) is 22.6 Å². The second-order valence-corrected chi connectivity index (χ2v) is 10.3. The quantitative estimate of drug-likeness (QED) is 0.531. The summed E-state index contributed by atoms with van der Waals surface area (Å²) in [7, 11) is -3.94. The summed E-state index contributed by atoms with van der Waals surface area (Å²) >= 11 is 1.93. The zero-order valence-electron chi connectivity index (χ0n) is 15.0. The molecule has 0 spiro atoms. The van der Waals surface area contributed by atoms with E-state index in [0.717, 1.165) is 6.07 Å². The summed E-state index contributed by atoms with van der Waals surface area (Å²) < 4.78 is 70.4. The number of aliphatic hydroxyl groups excluding tert-OH is 1. The van der Waals surface area contributed by atoms with E-state index in [9.17, 15) is 21.6 Å². The van der Waals surface area contributed by atoms with Crippen LogP contribution >= 0.6 is 22.6 Å². The highest BCUT2D eigenvalue weighted by atomic mass is 127. The summed E-state index contributed by atoms with van der Waals surface area (Å²) in [5, 5.41) is 9.16. The van der Waals surface area contributed by atoms with E-state index >= 15 is 0 Å². The molecule has 2 aromatic carbocycles. The zero-order chi connectivity index (χ0) is 20.7. The molecule has 0 atom stereocenters. The molecular formula is C19H19F3INO3S. The Bertz CT molecular complexity index is 1020. The second kappa shape index (κ2) is 7.83. The number of hydrogen-bond donors (Lipinski definition) is 2. The first kappa shape index (κ1) is 21.4. The topological polar surface area (TPSA) is 66.4 Å². The maximum Gasteiger partial charge on any atom is 0.238 e. The van der Waals surface area contributed by atoms with Crippen LogP contribution in [0.5, 0.6) is 0 Å². The van der Waals surface area contributed by atoms with Crippen molar-refractivity contribution in [2.24, 2.45) is 0 Å². The van der Waals surface area contributed by atoms with E-state index < -0.39 is 32.2 Å². The van der Waals surface area contributed by atoms with Crippen LogP contribution in [0.3, 0.4) is 0 Å². The van der Waals surface area contributed by atoms with Crippen LogP contribution in [0, 0.1) is 27.9 Å². The molecule has 0 aromatic heterocycles. The minimum atomic E-state index is -3.94. The Morgan fingerprint density at radius 3 is 2.43 bits per heavy atom. The van der Waals surface area contributed by atoms with Crippen molar-refractivity contribution in [1.82, 2.24) is 0 Å². The molecular weight excluding hydrogens is 506 g/mol. The van der Waals surface area contributed by atoms with Gasteiger partial charge in [-0.25, -0.2) is 21.6 Å². The van der Waals surface area contributed by atoms with Gasteiger partial charge in [-0.1, -0.05) is 6.07 Å². The van der Waals surface area contributed by atoms with Crippen LogP contribution in [0.4, 0.5) is 18.9 Å². The largest absolute Gasteiger partial charge is 0.396 e. The van der Waals surface area contributed by atoms with Crippen LogP contribution < -0.4 is 4.72 Å². The van der Waals surface area contributed by atoms with Gasteiger partial charge in [-0.15, -0.1) is 0 Å². The monoisotopic (exact) mass is 525 g/mol. The molecule has 28 heavy (non-hydrogen) atoms. The van der Waals surface area contributed by atoms with Gasteiger partial charge in [0.1, 0.15) is 5.82 Å². The third-order valence-electron chi connectivity index (χ3n) is 5.08. The van der Waals surface area contributed by atoms with Crippen molar-refractivity contribution in [2.75, 3.05) is 11.3 Å². The lowest BCUT2D eigenvalue weighted by atomic mass is 9.99. The first-order valence-electron chi connectivity index (χ1n) is 8.65. The van der Waals surface area contributed by atoms with E-state index in [1.165, 1.54) is 19.1 Å². The molecule has 1 saturated carbocycles. The van der Waals surface area contributed by atoms with Crippen molar-refractivity contribution in [3.63, 3.8) is 0 Å². The lowest BCUT2D eigenvalue weighted by molar-refractivity contribution is 0.283. The van der Waals surface area contributed by atoms with Crippen LogP contribution in [0.25, 0.3) is 0 Å². The standard InChI is InChI=1S/C19H19F3INO3S/c1-11-8-16(21)17(22)14(9-12-2-3-13(23)10-15(12)20)18(11)24-28(26,27)19(4-5-19)6-7-25/h2-3,8,10,24-25H,4-7,9H2,1H3. The minimum Gasteiger partial charge on any atom is -0.396 e. The highest BCUT2D eigenvalue weighted by Gasteiger charge is 2.54. The van der Waals surface area contributed by atoms with Crippen LogP contribution in [0.2, 0.25) is 0 Å². The molecule has 2 N–H and O–H groups in total. The van der Waals surface area contributed by atoms with E-state index in [2.05, 4.69) is 4.72 Å². The third-order valence-corrected chi connectivity index (χ3v) is 7.97. The van der Waals surface area contributed by atoms with E-state index in [0.29, 0.717) is 16.4 Å². The van der Waals surface area contributed by atoms with Crippen LogP contribution in [0.1, 0.15) is 36.0 Å². The van der Waals surface area contributed by atoms with Gasteiger partial charge in [-0.3, -0.25) is 4.72 Å². The van der Waals surface area contributed by atoms with Gasteiger partial charge in [-0.2, -0.15) is 0 Å². The molecule has 0 unspecified atom stereocenters. The Hall–Kier alpha value is -1.33. The fourth-order valence-corrected chi connectivity index (χ4v) is 5.44. The summed E-state index contributed by atoms with van der Waals surface area (Å²) in [6.07, 6.45) is 0.517. The SMILES string of the molecule is Cc1cc(F)c(F)c(Cc2ccc(I)cc2F)c1NS(=O)(=O)C1(CCO)CC1. The number of nitrogens with one attached hydrogen (secondary N) is 1. The van der Waals surface area contributed by atoms with Crippen molar-refractivity contribution in [1.29, 1.82) is 0 Å². The number of hydrogen-bond acceptors (Lipinski definition) is 3. The summed E-state index contributed by atoms with van der Waals surface area (Å²) in [5.41, 5.74) is -0.00787. The third kappa shape index (κ3) is 4.02. The molecule has 0 radical (unpaired) electrons. The number of rotatable bonds is 7. The van der Waals surface area contributed by atoms with Gasteiger partial charge < -0.3 is 5.11 Å². The van der Waals surface area contributed by atoms with Gasteiger partial charge in [0.2, 0.25) is 10.0 Å². The fourth-order valence-electron chi connectivity index (χ4n) is 3.22. The summed E-state index contributed by atoms with van der Waals surface area (Å²) in [4.78, 5) is 0. The van der Waals surface area contributed by atoms with E-state index in [4.69, 9.17) is 5.11 Å². The lowest BCUT2D eigenvalue weighted by Gasteiger charge is -2.21. The molecule has 9 heteroatoms. The fraction of sp³-hybridized carbons (Fsp3) is 0.368. The second-order valence-electron chi connectivity index (χ2n) is 7.02. The average molecular weight is 525 g/mol.